The molecule has 3 rings (SSSR count). The fraction of sp³-hybridized carbons (Fsp3) is 0.667. The summed E-state index contributed by atoms with van der Waals surface area (Å²) in [5.41, 5.74) is 1.00. The quantitative estimate of drug-likeness (QED) is 0.499. The lowest BCUT2D eigenvalue weighted by molar-refractivity contribution is -0.132. The molecule has 0 unspecified atom stereocenters. The predicted octanol–water partition coefficient (Wildman–Crippen LogP) is 3.75. The van der Waals surface area contributed by atoms with Crippen molar-refractivity contribution in [3.05, 3.63) is 23.3 Å². The Bertz CT molecular complexity index is 977. The van der Waals surface area contributed by atoms with Crippen molar-refractivity contribution in [1.29, 1.82) is 0 Å². The molecule has 3 amide bonds. The Balaban J connectivity index is 2.00. The molecule has 2 heterocycles. The summed E-state index contributed by atoms with van der Waals surface area (Å²) in [6.45, 7) is 14.3. The third-order valence-electron chi connectivity index (χ3n) is 7.00. The van der Waals surface area contributed by atoms with E-state index in [0.29, 0.717) is 56.0 Å². The summed E-state index contributed by atoms with van der Waals surface area (Å²) in [5, 5.41) is 12.9. The van der Waals surface area contributed by atoms with Gasteiger partial charge in [0, 0.05) is 37.8 Å². The number of aryl methyl sites for hydroxylation is 1. The zero-order valence-electron chi connectivity index (χ0n) is 22.6. The molecule has 9 heteroatoms. The standard InChI is InChI=1S/C27H42N4O5/c1-7-11-28-12-14-30-22-16-21(19(8-2)15-23(22)36-27(5,6)25(30)33)24(32)31(18(3)4)20-10-9-13-29(17-20)26(34)35/h15-16,18,20,28H,7-14,17H2,1-6H3,(H,34,35)/t20-/m1/s1. The van der Waals surface area contributed by atoms with Gasteiger partial charge in [-0.15, -0.1) is 0 Å². The van der Waals surface area contributed by atoms with Crippen molar-refractivity contribution in [1.82, 2.24) is 15.1 Å². The van der Waals surface area contributed by atoms with E-state index in [0.717, 1.165) is 24.9 Å². The highest BCUT2D eigenvalue weighted by Gasteiger charge is 2.42. The lowest BCUT2D eigenvalue weighted by Crippen LogP contribution is -2.54. The minimum Gasteiger partial charge on any atom is -0.476 e. The molecule has 2 aliphatic heterocycles. The first-order valence-corrected chi connectivity index (χ1v) is 13.2. The summed E-state index contributed by atoms with van der Waals surface area (Å²) < 4.78 is 6.12. The van der Waals surface area contributed by atoms with Crippen LogP contribution in [0.5, 0.6) is 5.75 Å². The minimum atomic E-state index is -0.999. The zero-order chi connectivity index (χ0) is 26.6. The maximum atomic E-state index is 14.0. The predicted molar refractivity (Wildman–Crippen MR) is 140 cm³/mol. The highest BCUT2D eigenvalue weighted by molar-refractivity contribution is 6.05. The van der Waals surface area contributed by atoms with Crippen molar-refractivity contribution < 1.29 is 24.2 Å². The second-order valence-electron chi connectivity index (χ2n) is 10.5. The number of nitrogens with zero attached hydrogens (tertiary/aromatic N) is 3. The van der Waals surface area contributed by atoms with E-state index in [9.17, 15) is 19.5 Å². The van der Waals surface area contributed by atoms with E-state index in [4.69, 9.17) is 4.74 Å². The Morgan fingerprint density at radius 3 is 2.58 bits per heavy atom. The normalized spacial score (nSPS) is 19.2. The number of carbonyl (C=O) groups excluding carboxylic acids is 2. The van der Waals surface area contributed by atoms with Crippen LogP contribution in [0, 0.1) is 0 Å². The number of hydrogen-bond acceptors (Lipinski definition) is 5. The van der Waals surface area contributed by atoms with Crippen LogP contribution in [-0.4, -0.2) is 83.2 Å². The van der Waals surface area contributed by atoms with Crippen molar-refractivity contribution in [3.63, 3.8) is 0 Å². The monoisotopic (exact) mass is 502 g/mol. The summed E-state index contributed by atoms with van der Waals surface area (Å²) in [6, 6.07) is 3.39. The second-order valence-corrected chi connectivity index (χ2v) is 10.5. The first kappa shape index (κ1) is 27.8. The van der Waals surface area contributed by atoms with Gasteiger partial charge in [-0.2, -0.15) is 0 Å². The minimum absolute atomic E-state index is 0.108. The molecular formula is C27H42N4O5. The number of rotatable bonds is 9. The number of carbonyl (C=O) groups is 3. The number of carboxylic acid groups (broad SMARTS) is 1. The smallest absolute Gasteiger partial charge is 0.407 e. The van der Waals surface area contributed by atoms with E-state index in [2.05, 4.69) is 12.2 Å². The Morgan fingerprint density at radius 1 is 1.25 bits per heavy atom. The van der Waals surface area contributed by atoms with E-state index in [-0.39, 0.29) is 23.9 Å². The van der Waals surface area contributed by atoms with Gasteiger partial charge in [0.05, 0.1) is 11.7 Å². The van der Waals surface area contributed by atoms with Crippen molar-refractivity contribution >= 4 is 23.6 Å². The lowest BCUT2D eigenvalue weighted by atomic mass is 9.96. The molecule has 1 saturated heterocycles. The molecule has 9 nitrogen and oxygen atoms in total. The molecule has 1 fully saturated rings. The van der Waals surface area contributed by atoms with E-state index in [1.165, 1.54) is 4.90 Å². The maximum absolute atomic E-state index is 14.0. The Hall–Kier alpha value is -2.81. The molecule has 1 aromatic carbocycles. The van der Waals surface area contributed by atoms with E-state index >= 15 is 0 Å². The SMILES string of the molecule is CCCNCCN1C(=O)C(C)(C)Oc2cc(CC)c(C(=O)N(C(C)C)[C@@H]3CCCN(C(=O)O)C3)cc21. The number of piperidine rings is 1. The van der Waals surface area contributed by atoms with Gasteiger partial charge in [0.1, 0.15) is 5.75 Å². The molecule has 200 valence electrons. The first-order chi connectivity index (χ1) is 17.0. The second kappa shape index (κ2) is 11.5. The molecule has 0 aromatic heterocycles. The van der Waals surface area contributed by atoms with E-state index < -0.39 is 11.7 Å². The zero-order valence-corrected chi connectivity index (χ0v) is 22.6. The van der Waals surface area contributed by atoms with Crippen LogP contribution in [0.1, 0.15) is 76.7 Å². The fourth-order valence-electron chi connectivity index (χ4n) is 5.18. The number of amides is 3. The number of likely N-dealkylation sites (tertiary alicyclic amines) is 1. The van der Waals surface area contributed by atoms with Crippen LogP contribution in [0.15, 0.2) is 12.1 Å². The molecule has 0 bridgehead atoms. The van der Waals surface area contributed by atoms with Gasteiger partial charge in [0.25, 0.3) is 11.8 Å². The molecule has 1 atom stereocenters. The summed E-state index contributed by atoms with van der Waals surface area (Å²) in [4.78, 5) is 43.9. The molecule has 0 saturated carbocycles. The summed E-state index contributed by atoms with van der Waals surface area (Å²) in [5.74, 6) is 0.332. The van der Waals surface area contributed by atoms with Crippen LogP contribution in [0.3, 0.4) is 0 Å². The third-order valence-corrected chi connectivity index (χ3v) is 7.00. The molecule has 2 N–H and O–H groups in total. The molecule has 0 spiro atoms. The van der Waals surface area contributed by atoms with Crippen LogP contribution >= 0.6 is 0 Å². The molecule has 0 aliphatic carbocycles. The summed E-state index contributed by atoms with van der Waals surface area (Å²) in [7, 11) is 0. The summed E-state index contributed by atoms with van der Waals surface area (Å²) in [6.07, 6.45) is 2.15. The highest BCUT2D eigenvalue weighted by atomic mass is 16.5. The molecule has 2 aliphatic rings. The molecule has 36 heavy (non-hydrogen) atoms. The number of benzene rings is 1. The average molecular weight is 503 g/mol. The van der Waals surface area contributed by atoms with Gasteiger partial charge in [-0.3, -0.25) is 9.59 Å². The topological polar surface area (TPSA) is 102 Å². The van der Waals surface area contributed by atoms with E-state index in [1.807, 2.05) is 31.7 Å². The van der Waals surface area contributed by atoms with Crippen LogP contribution in [0.2, 0.25) is 0 Å². The van der Waals surface area contributed by atoms with Gasteiger partial charge in [-0.25, -0.2) is 4.79 Å². The average Bonchev–Trinajstić information content (AvgIpc) is 2.83. The Morgan fingerprint density at radius 2 is 1.97 bits per heavy atom. The molecular weight excluding hydrogens is 460 g/mol. The van der Waals surface area contributed by atoms with Crippen molar-refractivity contribution in [2.75, 3.05) is 37.6 Å². The number of hydrogen-bond donors (Lipinski definition) is 2. The van der Waals surface area contributed by atoms with Gasteiger partial charge in [0.15, 0.2) is 5.60 Å². The molecule has 1 aromatic rings. The fourth-order valence-corrected chi connectivity index (χ4v) is 5.18. The number of anilines is 1. The van der Waals surface area contributed by atoms with E-state index in [1.54, 1.807) is 24.8 Å². The van der Waals surface area contributed by atoms with Crippen molar-refractivity contribution in [2.24, 2.45) is 0 Å². The summed E-state index contributed by atoms with van der Waals surface area (Å²) >= 11 is 0. The van der Waals surface area contributed by atoms with Crippen molar-refractivity contribution in [2.45, 2.75) is 84.9 Å². The Kier molecular flexibility index (Phi) is 8.87. The van der Waals surface area contributed by atoms with Gasteiger partial charge in [-0.05, 0) is 77.6 Å². The van der Waals surface area contributed by atoms with Gasteiger partial charge in [-0.1, -0.05) is 13.8 Å². The number of fused-ring (bicyclic) bond motifs is 1. The largest absolute Gasteiger partial charge is 0.476 e. The Labute approximate surface area is 214 Å². The number of ether oxygens (including phenoxy) is 1. The van der Waals surface area contributed by atoms with Crippen molar-refractivity contribution in [3.8, 4) is 5.75 Å². The van der Waals surface area contributed by atoms with Crippen LogP contribution < -0.4 is 15.0 Å². The van der Waals surface area contributed by atoms with Crippen LogP contribution in [0.25, 0.3) is 0 Å². The molecule has 0 radical (unpaired) electrons. The van der Waals surface area contributed by atoms with Gasteiger partial charge < -0.3 is 29.9 Å². The number of nitrogens with one attached hydrogen (secondary N) is 1. The third kappa shape index (κ3) is 5.77. The first-order valence-electron chi connectivity index (χ1n) is 13.2. The van der Waals surface area contributed by atoms with Crippen LogP contribution in [0.4, 0.5) is 10.5 Å². The highest BCUT2D eigenvalue weighted by Crippen LogP contribution is 2.40. The van der Waals surface area contributed by atoms with Gasteiger partial charge in [0.2, 0.25) is 0 Å². The maximum Gasteiger partial charge on any atom is 0.407 e. The van der Waals surface area contributed by atoms with Crippen LogP contribution in [-0.2, 0) is 11.2 Å². The lowest BCUT2D eigenvalue weighted by Gasteiger charge is -2.42. The van der Waals surface area contributed by atoms with Gasteiger partial charge >= 0.3 is 6.09 Å².